The van der Waals surface area contributed by atoms with Crippen molar-refractivity contribution < 1.29 is 23.8 Å². The summed E-state index contributed by atoms with van der Waals surface area (Å²) in [7, 11) is 1.61. The average Bonchev–Trinajstić information content (AvgIpc) is 3.14. The van der Waals surface area contributed by atoms with Gasteiger partial charge in [-0.3, -0.25) is 4.79 Å². The highest BCUT2D eigenvalue weighted by atomic mass is 19.1. The van der Waals surface area contributed by atoms with Gasteiger partial charge in [-0.25, -0.2) is 13.8 Å². The molecule has 6 nitrogen and oxygen atoms in total. The first kappa shape index (κ1) is 22.6. The molecule has 0 aliphatic carbocycles. The lowest BCUT2D eigenvalue weighted by molar-refractivity contribution is 0.0924. The number of aryl methyl sites for hydroxylation is 1. The molecule has 0 spiro atoms. The number of aromatic nitrogens is 2. The molecule has 1 heterocycles. The van der Waals surface area contributed by atoms with E-state index >= 15 is 0 Å². The van der Waals surface area contributed by atoms with Crippen molar-refractivity contribution in [2.75, 3.05) is 6.54 Å². The molecule has 1 aromatic heterocycles. The number of aliphatic hydroxyl groups excluding tert-OH is 1. The predicted molar refractivity (Wildman–Crippen MR) is 120 cm³/mol. The van der Waals surface area contributed by atoms with Crippen LogP contribution in [0.2, 0.25) is 0 Å². The summed E-state index contributed by atoms with van der Waals surface area (Å²) in [4.78, 5) is 16.9. The lowest BCUT2D eigenvalue weighted by Gasteiger charge is -2.29. The van der Waals surface area contributed by atoms with E-state index in [9.17, 15) is 23.8 Å². The van der Waals surface area contributed by atoms with E-state index in [4.69, 9.17) is 0 Å². The highest BCUT2D eigenvalue weighted by molar-refractivity contribution is 5.97. The van der Waals surface area contributed by atoms with E-state index in [1.54, 1.807) is 44.3 Å². The lowest BCUT2D eigenvalue weighted by Crippen LogP contribution is -2.34. The van der Waals surface area contributed by atoms with Gasteiger partial charge in [0, 0.05) is 30.3 Å². The van der Waals surface area contributed by atoms with Crippen LogP contribution in [-0.2, 0) is 12.6 Å². The summed E-state index contributed by atoms with van der Waals surface area (Å²) in [5.41, 5.74) is -1.30. The Labute approximate surface area is 189 Å². The summed E-state index contributed by atoms with van der Waals surface area (Å²) in [6, 6.07) is 15.9. The Balaban J connectivity index is 1.91. The molecule has 3 aromatic carbocycles. The SMILES string of the molecule is C[C@@H](O)CNC(=O)c1ccc2nc(C(O)(c3ccccc3F)c3ccccc3F)n(C)c2c1. The topological polar surface area (TPSA) is 87.4 Å². The van der Waals surface area contributed by atoms with Gasteiger partial charge in [-0.05, 0) is 37.3 Å². The Hall–Kier alpha value is -3.62. The van der Waals surface area contributed by atoms with Crippen molar-refractivity contribution >= 4 is 16.9 Å². The molecular weight excluding hydrogens is 428 g/mol. The first-order valence-electron chi connectivity index (χ1n) is 10.4. The van der Waals surface area contributed by atoms with Gasteiger partial charge >= 0.3 is 0 Å². The second-order valence-corrected chi connectivity index (χ2v) is 7.93. The molecule has 4 aromatic rings. The molecular formula is C25H23F2N3O3. The van der Waals surface area contributed by atoms with E-state index < -0.39 is 23.3 Å². The predicted octanol–water partition coefficient (Wildman–Crippen LogP) is 3.25. The van der Waals surface area contributed by atoms with Gasteiger partial charge in [0.2, 0.25) is 0 Å². The van der Waals surface area contributed by atoms with Crippen molar-refractivity contribution in [1.82, 2.24) is 14.9 Å². The number of carbonyl (C=O) groups is 1. The van der Waals surface area contributed by atoms with Crippen molar-refractivity contribution in [2.45, 2.75) is 18.6 Å². The summed E-state index contributed by atoms with van der Waals surface area (Å²) in [6.45, 7) is 1.65. The van der Waals surface area contributed by atoms with Crippen LogP contribution in [0.15, 0.2) is 66.7 Å². The number of rotatable bonds is 6. The summed E-state index contributed by atoms with van der Waals surface area (Å²) >= 11 is 0. The minimum atomic E-state index is -2.24. The van der Waals surface area contributed by atoms with E-state index in [1.807, 2.05) is 0 Å². The summed E-state index contributed by atoms with van der Waals surface area (Å²) < 4.78 is 31.3. The third-order valence-electron chi connectivity index (χ3n) is 5.55. The smallest absolute Gasteiger partial charge is 0.251 e. The standard InChI is InChI=1S/C25H23F2N3O3/c1-15(31)14-28-23(32)16-11-12-21-22(13-16)30(2)24(29-21)25(33,17-7-3-5-9-19(17)26)18-8-4-6-10-20(18)27/h3-13,15,31,33H,14H2,1-2H3,(H,28,32)/t15-/m1/s1. The van der Waals surface area contributed by atoms with Gasteiger partial charge in [0.1, 0.15) is 11.6 Å². The summed E-state index contributed by atoms with van der Waals surface area (Å²) in [5, 5.41) is 23.9. The number of fused-ring (bicyclic) bond motifs is 1. The van der Waals surface area contributed by atoms with Crippen molar-refractivity contribution in [2.24, 2.45) is 7.05 Å². The number of aliphatic hydroxyl groups is 2. The van der Waals surface area contributed by atoms with Crippen molar-refractivity contribution in [3.05, 3.63) is 101 Å². The van der Waals surface area contributed by atoms with E-state index in [1.165, 1.54) is 41.0 Å². The van der Waals surface area contributed by atoms with Crippen molar-refractivity contribution in [1.29, 1.82) is 0 Å². The Morgan fingerprint density at radius 1 is 1.06 bits per heavy atom. The van der Waals surface area contributed by atoms with Crippen molar-refractivity contribution in [3.63, 3.8) is 0 Å². The number of carbonyl (C=O) groups excluding carboxylic acids is 1. The van der Waals surface area contributed by atoms with Crippen LogP contribution in [0.25, 0.3) is 11.0 Å². The maximum Gasteiger partial charge on any atom is 0.251 e. The second-order valence-electron chi connectivity index (χ2n) is 7.93. The van der Waals surface area contributed by atoms with Crippen LogP contribution in [-0.4, -0.2) is 38.3 Å². The Kier molecular flexibility index (Phi) is 5.97. The van der Waals surface area contributed by atoms with Crippen LogP contribution >= 0.6 is 0 Å². The Morgan fingerprint density at radius 3 is 2.18 bits per heavy atom. The molecule has 0 aliphatic rings. The highest BCUT2D eigenvalue weighted by Gasteiger charge is 2.42. The van der Waals surface area contributed by atoms with E-state index in [-0.39, 0.29) is 29.4 Å². The lowest BCUT2D eigenvalue weighted by atomic mass is 9.84. The quantitative estimate of drug-likeness (QED) is 0.420. The average molecular weight is 451 g/mol. The molecule has 170 valence electrons. The number of nitrogens with one attached hydrogen (secondary N) is 1. The molecule has 4 rings (SSSR count). The van der Waals surface area contributed by atoms with Crippen molar-refractivity contribution in [3.8, 4) is 0 Å². The molecule has 0 saturated heterocycles. The van der Waals surface area contributed by atoms with E-state index in [2.05, 4.69) is 10.3 Å². The molecule has 0 aliphatic heterocycles. The number of amides is 1. The molecule has 3 N–H and O–H groups in total. The van der Waals surface area contributed by atoms with E-state index in [0.717, 1.165) is 0 Å². The van der Waals surface area contributed by atoms with Crippen LogP contribution in [0.4, 0.5) is 8.78 Å². The van der Waals surface area contributed by atoms with Gasteiger partial charge in [-0.15, -0.1) is 0 Å². The normalized spacial score (nSPS) is 12.7. The molecule has 8 heteroatoms. The highest BCUT2D eigenvalue weighted by Crippen LogP contribution is 2.39. The van der Waals surface area contributed by atoms with E-state index in [0.29, 0.717) is 16.6 Å². The molecule has 0 radical (unpaired) electrons. The van der Waals surface area contributed by atoms with Gasteiger partial charge in [-0.1, -0.05) is 36.4 Å². The molecule has 0 unspecified atom stereocenters. The minimum Gasteiger partial charge on any atom is -0.392 e. The van der Waals surface area contributed by atoms with Crippen LogP contribution < -0.4 is 5.32 Å². The largest absolute Gasteiger partial charge is 0.392 e. The number of hydrogen-bond donors (Lipinski definition) is 3. The third-order valence-corrected chi connectivity index (χ3v) is 5.55. The molecule has 0 fully saturated rings. The fourth-order valence-electron chi connectivity index (χ4n) is 3.89. The second kappa shape index (κ2) is 8.73. The van der Waals surface area contributed by atoms with Crippen LogP contribution in [0.1, 0.15) is 34.2 Å². The van der Waals surface area contributed by atoms with Crippen LogP contribution in [0.5, 0.6) is 0 Å². The first-order valence-corrected chi connectivity index (χ1v) is 10.4. The fraction of sp³-hybridized carbons (Fsp3) is 0.200. The number of imidazole rings is 1. The first-order chi connectivity index (χ1) is 15.7. The number of benzene rings is 3. The molecule has 0 saturated carbocycles. The Bertz CT molecular complexity index is 1290. The molecule has 0 bridgehead atoms. The third kappa shape index (κ3) is 3.99. The number of hydrogen-bond acceptors (Lipinski definition) is 4. The zero-order chi connectivity index (χ0) is 23.8. The monoisotopic (exact) mass is 451 g/mol. The zero-order valence-electron chi connectivity index (χ0n) is 18.1. The van der Waals surface area contributed by atoms with Gasteiger partial charge in [0.25, 0.3) is 5.91 Å². The summed E-state index contributed by atoms with van der Waals surface area (Å²) in [5.74, 6) is -1.82. The zero-order valence-corrected chi connectivity index (χ0v) is 18.1. The Morgan fingerprint density at radius 2 is 1.64 bits per heavy atom. The number of halogens is 2. The summed E-state index contributed by atoms with van der Waals surface area (Å²) in [6.07, 6.45) is -0.697. The minimum absolute atomic E-state index is 0.00533. The van der Waals surface area contributed by atoms with Gasteiger partial charge in [-0.2, -0.15) is 0 Å². The van der Waals surface area contributed by atoms with Gasteiger partial charge in [0.05, 0.1) is 17.1 Å². The molecule has 33 heavy (non-hydrogen) atoms. The van der Waals surface area contributed by atoms with Crippen LogP contribution in [0, 0.1) is 11.6 Å². The van der Waals surface area contributed by atoms with Crippen LogP contribution in [0.3, 0.4) is 0 Å². The maximum absolute atomic E-state index is 14.9. The fourth-order valence-corrected chi connectivity index (χ4v) is 3.89. The van der Waals surface area contributed by atoms with Gasteiger partial charge in [0.15, 0.2) is 11.4 Å². The van der Waals surface area contributed by atoms with Gasteiger partial charge < -0.3 is 20.1 Å². The molecule has 1 atom stereocenters. The maximum atomic E-state index is 14.9. The number of nitrogens with zero attached hydrogens (tertiary/aromatic N) is 2. The molecule has 1 amide bonds.